The SMILES string of the molecule is CC(C)C[C@@H]1NC(=O)N(CN(C)Cc2ccc(C(F)(F)F)cc2)C1=O. The van der Waals surface area contributed by atoms with Gasteiger partial charge < -0.3 is 5.32 Å². The number of benzene rings is 1. The van der Waals surface area contributed by atoms with Crippen molar-refractivity contribution in [3.63, 3.8) is 0 Å². The monoisotopic (exact) mass is 357 g/mol. The number of halogens is 3. The molecule has 0 unspecified atom stereocenters. The normalized spacial score (nSPS) is 18.4. The topological polar surface area (TPSA) is 52.7 Å². The molecule has 1 aliphatic heterocycles. The van der Waals surface area contributed by atoms with Gasteiger partial charge in [0.15, 0.2) is 0 Å². The summed E-state index contributed by atoms with van der Waals surface area (Å²) in [5, 5.41) is 2.66. The van der Waals surface area contributed by atoms with Gasteiger partial charge >= 0.3 is 12.2 Å². The second-order valence-corrected chi connectivity index (χ2v) is 6.75. The van der Waals surface area contributed by atoms with Gasteiger partial charge in [-0.15, -0.1) is 0 Å². The number of carbonyl (C=O) groups excluding carboxylic acids is 2. The predicted octanol–water partition coefficient (Wildman–Crippen LogP) is 3.06. The summed E-state index contributed by atoms with van der Waals surface area (Å²) in [5.74, 6) is 0.0112. The number of hydrogen-bond donors (Lipinski definition) is 1. The van der Waals surface area contributed by atoms with Crippen LogP contribution in [0.5, 0.6) is 0 Å². The van der Waals surface area contributed by atoms with Crippen molar-refractivity contribution < 1.29 is 22.8 Å². The summed E-state index contributed by atoms with van der Waals surface area (Å²) >= 11 is 0. The van der Waals surface area contributed by atoms with E-state index in [-0.39, 0.29) is 18.5 Å². The van der Waals surface area contributed by atoms with Crippen LogP contribution in [-0.2, 0) is 17.5 Å². The van der Waals surface area contributed by atoms with E-state index in [0.29, 0.717) is 18.5 Å². The molecule has 3 amide bonds. The van der Waals surface area contributed by atoms with Crippen molar-refractivity contribution >= 4 is 11.9 Å². The van der Waals surface area contributed by atoms with Crippen molar-refractivity contribution in [1.82, 2.24) is 15.1 Å². The molecule has 1 aromatic carbocycles. The second-order valence-electron chi connectivity index (χ2n) is 6.75. The molecule has 1 N–H and O–H groups in total. The second kappa shape index (κ2) is 7.43. The lowest BCUT2D eigenvalue weighted by Crippen LogP contribution is -2.40. The highest BCUT2D eigenvalue weighted by Gasteiger charge is 2.38. The number of imide groups is 1. The number of nitrogens with zero attached hydrogens (tertiary/aromatic N) is 2. The molecule has 5 nitrogen and oxygen atoms in total. The molecule has 0 saturated carbocycles. The van der Waals surface area contributed by atoms with Crippen LogP contribution in [0.4, 0.5) is 18.0 Å². The minimum absolute atomic E-state index is 0.0836. The first-order valence-corrected chi connectivity index (χ1v) is 8.04. The number of urea groups is 1. The number of amides is 3. The molecule has 1 aromatic rings. The minimum Gasteiger partial charge on any atom is -0.326 e. The van der Waals surface area contributed by atoms with Crippen molar-refractivity contribution in [2.45, 2.75) is 39.0 Å². The fourth-order valence-corrected chi connectivity index (χ4v) is 2.74. The van der Waals surface area contributed by atoms with Crippen LogP contribution in [0.1, 0.15) is 31.4 Å². The molecule has 138 valence electrons. The molecule has 25 heavy (non-hydrogen) atoms. The average molecular weight is 357 g/mol. The van der Waals surface area contributed by atoms with Crippen LogP contribution in [-0.4, -0.2) is 41.5 Å². The summed E-state index contributed by atoms with van der Waals surface area (Å²) in [6.45, 7) is 4.35. The average Bonchev–Trinajstić information content (AvgIpc) is 2.74. The van der Waals surface area contributed by atoms with Gasteiger partial charge in [0.25, 0.3) is 5.91 Å². The number of rotatable bonds is 6. The predicted molar refractivity (Wildman–Crippen MR) is 86.4 cm³/mol. The largest absolute Gasteiger partial charge is 0.416 e. The third-order valence-corrected chi connectivity index (χ3v) is 3.93. The van der Waals surface area contributed by atoms with Crippen molar-refractivity contribution in [3.8, 4) is 0 Å². The molecule has 0 radical (unpaired) electrons. The summed E-state index contributed by atoms with van der Waals surface area (Å²) in [6, 6.07) is 3.90. The van der Waals surface area contributed by atoms with Crippen LogP contribution in [0.2, 0.25) is 0 Å². The van der Waals surface area contributed by atoms with Crippen LogP contribution >= 0.6 is 0 Å². The van der Waals surface area contributed by atoms with Crippen LogP contribution in [0.3, 0.4) is 0 Å². The van der Waals surface area contributed by atoms with Crippen LogP contribution < -0.4 is 5.32 Å². The highest BCUT2D eigenvalue weighted by atomic mass is 19.4. The summed E-state index contributed by atoms with van der Waals surface area (Å²) in [4.78, 5) is 27.1. The van der Waals surface area contributed by atoms with Crippen molar-refractivity contribution in [2.24, 2.45) is 5.92 Å². The van der Waals surface area contributed by atoms with Gasteiger partial charge in [-0.25, -0.2) is 9.69 Å². The lowest BCUT2D eigenvalue weighted by Gasteiger charge is -2.22. The fraction of sp³-hybridized carbons (Fsp3) is 0.529. The maximum Gasteiger partial charge on any atom is 0.416 e. The van der Waals surface area contributed by atoms with E-state index in [1.807, 2.05) is 13.8 Å². The molecular weight excluding hydrogens is 335 g/mol. The molecule has 2 rings (SSSR count). The van der Waals surface area contributed by atoms with Gasteiger partial charge in [0.1, 0.15) is 6.04 Å². The Hall–Kier alpha value is -2.09. The maximum absolute atomic E-state index is 12.6. The van der Waals surface area contributed by atoms with Crippen LogP contribution in [0, 0.1) is 5.92 Å². The molecule has 0 aromatic heterocycles. The van der Waals surface area contributed by atoms with Crippen molar-refractivity contribution in [1.29, 1.82) is 0 Å². The quantitative estimate of drug-likeness (QED) is 0.796. The van der Waals surface area contributed by atoms with Gasteiger partial charge in [-0.1, -0.05) is 26.0 Å². The zero-order valence-corrected chi connectivity index (χ0v) is 14.4. The van der Waals surface area contributed by atoms with Gasteiger partial charge in [0, 0.05) is 6.54 Å². The van der Waals surface area contributed by atoms with Crippen LogP contribution in [0.25, 0.3) is 0 Å². The van der Waals surface area contributed by atoms with E-state index < -0.39 is 23.8 Å². The van der Waals surface area contributed by atoms with E-state index in [1.54, 1.807) is 11.9 Å². The number of nitrogens with one attached hydrogen (secondary N) is 1. The Labute approximate surface area is 144 Å². The number of hydrogen-bond acceptors (Lipinski definition) is 3. The van der Waals surface area contributed by atoms with E-state index in [4.69, 9.17) is 0 Å². The minimum atomic E-state index is -4.37. The first-order chi connectivity index (χ1) is 11.6. The third-order valence-electron chi connectivity index (χ3n) is 3.93. The van der Waals surface area contributed by atoms with Gasteiger partial charge in [-0.2, -0.15) is 13.2 Å². The zero-order valence-electron chi connectivity index (χ0n) is 14.4. The highest BCUT2D eigenvalue weighted by Crippen LogP contribution is 2.29. The molecule has 1 fully saturated rings. The molecule has 1 heterocycles. The molecule has 1 atom stereocenters. The Morgan fingerprint density at radius 1 is 1.20 bits per heavy atom. The molecule has 0 aliphatic carbocycles. The summed E-state index contributed by atoms with van der Waals surface area (Å²) in [7, 11) is 1.70. The third kappa shape index (κ3) is 4.94. The van der Waals surface area contributed by atoms with Crippen LogP contribution in [0.15, 0.2) is 24.3 Å². The Kier molecular flexibility index (Phi) is 5.72. The summed E-state index contributed by atoms with van der Waals surface area (Å²) in [6.07, 6.45) is -3.79. The molecule has 8 heteroatoms. The first kappa shape index (κ1) is 19.2. The van der Waals surface area contributed by atoms with Gasteiger partial charge in [-0.3, -0.25) is 9.69 Å². The van der Waals surface area contributed by atoms with E-state index in [2.05, 4.69) is 5.32 Å². The molecule has 1 saturated heterocycles. The molecular formula is C17H22F3N3O2. The molecule has 0 bridgehead atoms. The maximum atomic E-state index is 12.6. The lowest BCUT2D eigenvalue weighted by molar-refractivity contribution is -0.137. The van der Waals surface area contributed by atoms with Crippen molar-refractivity contribution in [3.05, 3.63) is 35.4 Å². The van der Waals surface area contributed by atoms with E-state index in [0.717, 1.165) is 17.0 Å². The van der Waals surface area contributed by atoms with E-state index in [1.165, 1.54) is 12.1 Å². The van der Waals surface area contributed by atoms with Gasteiger partial charge in [0.05, 0.1) is 12.2 Å². The standard InChI is InChI=1S/C17H22F3N3O2/c1-11(2)8-14-15(24)23(16(25)21-14)10-22(3)9-12-4-6-13(7-5-12)17(18,19)20/h4-7,11,14H,8-10H2,1-3H3,(H,21,25)/t14-/m0/s1. The Bertz CT molecular complexity index is 629. The summed E-state index contributed by atoms with van der Waals surface area (Å²) < 4.78 is 37.7. The van der Waals surface area contributed by atoms with E-state index >= 15 is 0 Å². The Morgan fingerprint density at radius 3 is 2.32 bits per heavy atom. The number of alkyl halides is 3. The highest BCUT2D eigenvalue weighted by molar-refractivity contribution is 6.04. The summed E-state index contributed by atoms with van der Waals surface area (Å²) in [5.41, 5.74) is -0.0363. The lowest BCUT2D eigenvalue weighted by atomic mass is 10.0. The van der Waals surface area contributed by atoms with Gasteiger partial charge in [-0.05, 0) is 37.1 Å². The Morgan fingerprint density at radius 2 is 1.80 bits per heavy atom. The Balaban J connectivity index is 1.95. The van der Waals surface area contributed by atoms with E-state index in [9.17, 15) is 22.8 Å². The molecule has 0 spiro atoms. The molecule has 1 aliphatic rings. The zero-order chi connectivity index (χ0) is 18.8. The smallest absolute Gasteiger partial charge is 0.326 e. The fourth-order valence-electron chi connectivity index (χ4n) is 2.74. The first-order valence-electron chi connectivity index (χ1n) is 8.04. The van der Waals surface area contributed by atoms with Gasteiger partial charge in [0.2, 0.25) is 0 Å². The number of carbonyl (C=O) groups is 2. The van der Waals surface area contributed by atoms with Crippen molar-refractivity contribution in [2.75, 3.05) is 13.7 Å².